The summed E-state index contributed by atoms with van der Waals surface area (Å²) in [7, 11) is -2.56. The van der Waals surface area contributed by atoms with Crippen LogP contribution in [-0.4, -0.2) is 17.6 Å². The van der Waals surface area contributed by atoms with Crippen LogP contribution in [0.3, 0.4) is 0 Å². The molecular formula is C29H39BF2N2. The highest BCUT2D eigenvalue weighted by Gasteiger charge is 2.35. The van der Waals surface area contributed by atoms with Gasteiger partial charge in [-0.2, -0.15) is 0 Å². The van der Waals surface area contributed by atoms with Crippen molar-refractivity contribution in [1.29, 1.82) is 0 Å². The van der Waals surface area contributed by atoms with Crippen LogP contribution in [0.4, 0.5) is 8.63 Å². The normalized spacial score (nSPS) is 18.1. The van der Waals surface area contributed by atoms with E-state index >= 15 is 0 Å². The van der Waals surface area contributed by atoms with E-state index in [2.05, 4.69) is 6.92 Å². The summed E-state index contributed by atoms with van der Waals surface area (Å²) >= 11 is 0. The molecule has 2 heterocycles. The third-order valence-electron chi connectivity index (χ3n) is 6.99. The predicted octanol–water partition coefficient (Wildman–Crippen LogP) is 8.60. The number of aromatic nitrogens is 1. The minimum Gasteiger partial charge on any atom is -0.329 e. The fourth-order valence-corrected chi connectivity index (χ4v) is 5.61. The molecule has 2 nitrogen and oxygen atoms in total. The van der Waals surface area contributed by atoms with E-state index in [1.165, 1.54) is 22.0 Å². The Bertz CT molecular complexity index is 1090. The van der Waals surface area contributed by atoms with Crippen LogP contribution in [0.2, 0.25) is 0 Å². The molecule has 2 aliphatic carbocycles. The first-order valence-corrected chi connectivity index (χ1v) is 13.2. The SMILES string of the molecule is CC.CC.CC1=N/C(=C(/c2ccccc2)c2c3c(c(C)n2B(F)F)CCCC3)C2=C1CCCC2. The number of allylic oxidation sites excluding steroid dienone is 2. The number of halogens is 2. The maximum absolute atomic E-state index is 14.4. The maximum Gasteiger partial charge on any atom is 0.677 e. The molecule has 3 aliphatic rings. The number of rotatable bonds is 3. The lowest BCUT2D eigenvalue weighted by Crippen LogP contribution is -2.19. The van der Waals surface area contributed by atoms with E-state index in [4.69, 9.17) is 4.99 Å². The molecule has 0 radical (unpaired) electrons. The van der Waals surface area contributed by atoms with Gasteiger partial charge in [-0.1, -0.05) is 58.0 Å². The van der Waals surface area contributed by atoms with Crippen molar-refractivity contribution in [3.63, 3.8) is 0 Å². The molecule has 0 amide bonds. The first kappa shape index (κ1) is 26.2. The van der Waals surface area contributed by atoms with Gasteiger partial charge in [-0.05, 0) is 93.1 Å². The quantitative estimate of drug-likeness (QED) is 0.405. The Balaban J connectivity index is 0.000000771. The molecule has 0 spiro atoms. The molecule has 0 saturated carbocycles. The van der Waals surface area contributed by atoms with Gasteiger partial charge in [-0.15, -0.1) is 0 Å². The highest BCUT2D eigenvalue weighted by atomic mass is 19.2. The molecule has 5 rings (SSSR count). The van der Waals surface area contributed by atoms with Crippen molar-refractivity contribution in [2.45, 2.75) is 92.9 Å². The molecule has 1 aromatic carbocycles. The maximum atomic E-state index is 14.4. The summed E-state index contributed by atoms with van der Waals surface area (Å²) in [4.78, 5) is 5.01. The number of benzene rings is 1. The second-order valence-corrected chi connectivity index (χ2v) is 8.70. The number of fused-ring (bicyclic) bond motifs is 1. The molecule has 0 saturated heterocycles. The zero-order valence-corrected chi connectivity index (χ0v) is 21.8. The van der Waals surface area contributed by atoms with Gasteiger partial charge in [0.15, 0.2) is 0 Å². The Kier molecular flexibility index (Phi) is 9.10. The smallest absolute Gasteiger partial charge is 0.329 e. The van der Waals surface area contributed by atoms with Crippen molar-refractivity contribution >= 4 is 18.7 Å². The van der Waals surface area contributed by atoms with Crippen molar-refractivity contribution < 1.29 is 8.63 Å². The van der Waals surface area contributed by atoms with E-state index in [1.54, 1.807) is 0 Å². The van der Waals surface area contributed by atoms with E-state index in [0.717, 1.165) is 84.3 Å². The van der Waals surface area contributed by atoms with Gasteiger partial charge in [0.25, 0.3) is 0 Å². The van der Waals surface area contributed by atoms with Gasteiger partial charge in [0.05, 0.1) is 5.70 Å². The Labute approximate surface area is 205 Å². The molecular weight excluding hydrogens is 425 g/mol. The first-order chi connectivity index (χ1) is 16.6. The lowest BCUT2D eigenvalue weighted by Gasteiger charge is -2.21. The minimum absolute atomic E-state index is 0.703. The van der Waals surface area contributed by atoms with Crippen LogP contribution in [0, 0.1) is 6.92 Å². The predicted molar refractivity (Wildman–Crippen MR) is 143 cm³/mol. The summed E-state index contributed by atoms with van der Waals surface area (Å²) < 4.78 is 30.2. The molecule has 182 valence electrons. The second kappa shape index (κ2) is 11.8. The van der Waals surface area contributed by atoms with Gasteiger partial charge in [-0.3, -0.25) is 13.6 Å². The summed E-state index contributed by atoms with van der Waals surface area (Å²) in [6.45, 7) is 11.9. The summed E-state index contributed by atoms with van der Waals surface area (Å²) in [6.07, 6.45) is 8.24. The Morgan fingerprint density at radius 3 is 1.97 bits per heavy atom. The molecule has 0 bridgehead atoms. The van der Waals surface area contributed by atoms with Crippen LogP contribution in [0.5, 0.6) is 0 Å². The Morgan fingerprint density at radius 1 is 0.794 bits per heavy atom. The highest BCUT2D eigenvalue weighted by molar-refractivity contribution is 6.41. The third kappa shape index (κ3) is 4.71. The van der Waals surface area contributed by atoms with E-state index in [-0.39, 0.29) is 0 Å². The lowest BCUT2D eigenvalue weighted by atomic mass is 9.84. The van der Waals surface area contributed by atoms with Crippen molar-refractivity contribution in [2.24, 2.45) is 4.99 Å². The second-order valence-electron chi connectivity index (χ2n) is 8.70. The fraction of sp³-hybridized carbons (Fsp3) is 0.483. The van der Waals surface area contributed by atoms with E-state index < -0.39 is 7.40 Å². The topological polar surface area (TPSA) is 17.3 Å². The third-order valence-corrected chi connectivity index (χ3v) is 6.99. The summed E-state index contributed by atoms with van der Waals surface area (Å²) in [6, 6.07) is 10.1. The van der Waals surface area contributed by atoms with Gasteiger partial charge >= 0.3 is 7.40 Å². The number of hydrogen-bond donors (Lipinski definition) is 0. The fourth-order valence-electron chi connectivity index (χ4n) is 5.61. The van der Waals surface area contributed by atoms with Gasteiger partial charge in [0, 0.05) is 22.7 Å². The molecule has 2 aromatic rings. The number of hydrogen-bond acceptors (Lipinski definition) is 1. The Morgan fingerprint density at radius 2 is 1.35 bits per heavy atom. The lowest BCUT2D eigenvalue weighted by molar-refractivity contribution is 0.623. The van der Waals surface area contributed by atoms with Gasteiger partial charge in [-0.25, -0.2) is 0 Å². The first-order valence-electron chi connectivity index (χ1n) is 13.2. The zero-order chi connectivity index (χ0) is 24.8. The molecule has 0 atom stereocenters. The molecule has 1 aromatic heterocycles. The van der Waals surface area contributed by atoms with Gasteiger partial charge in [0.2, 0.25) is 0 Å². The van der Waals surface area contributed by atoms with E-state index in [0.29, 0.717) is 5.69 Å². The summed E-state index contributed by atoms with van der Waals surface area (Å²) in [5.41, 5.74) is 10.2. The largest absolute Gasteiger partial charge is 0.677 e. The summed E-state index contributed by atoms with van der Waals surface area (Å²) in [5.74, 6) is 0. The standard InChI is InChI=1S/C25H27BF2N2.2C2H6/c1-16-19-12-6-8-14-21(19)24(29-16)23(18-10-4-3-5-11-18)25-22-15-9-7-13-20(22)17(2)30(25)26(27)28;2*1-2/h3-5,10-11H,6-9,12-15H2,1-2H3;2*1-2H3/b24-23-;;. The minimum atomic E-state index is -2.56. The Hall–Kier alpha value is -2.43. The van der Waals surface area contributed by atoms with E-state index in [9.17, 15) is 8.63 Å². The van der Waals surface area contributed by atoms with Crippen LogP contribution in [0.25, 0.3) is 5.57 Å². The van der Waals surface area contributed by atoms with Crippen LogP contribution in [0.15, 0.2) is 52.2 Å². The molecule has 34 heavy (non-hydrogen) atoms. The molecule has 5 heteroatoms. The highest BCUT2D eigenvalue weighted by Crippen LogP contribution is 2.45. The van der Waals surface area contributed by atoms with E-state index in [1.807, 2.05) is 65.0 Å². The van der Waals surface area contributed by atoms with Crippen molar-refractivity contribution in [2.75, 3.05) is 0 Å². The van der Waals surface area contributed by atoms with Crippen molar-refractivity contribution in [3.8, 4) is 0 Å². The molecule has 0 N–H and O–H groups in total. The summed E-state index contributed by atoms with van der Waals surface area (Å²) in [5, 5.41) is 0. The van der Waals surface area contributed by atoms with Crippen LogP contribution >= 0.6 is 0 Å². The molecule has 0 fully saturated rings. The van der Waals surface area contributed by atoms with Crippen LogP contribution in [-0.2, 0) is 12.8 Å². The van der Waals surface area contributed by atoms with Crippen LogP contribution in [0.1, 0.15) is 101 Å². The zero-order valence-electron chi connectivity index (χ0n) is 21.8. The van der Waals surface area contributed by atoms with Crippen molar-refractivity contribution in [1.82, 2.24) is 4.48 Å². The molecule has 0 unspecified atom stereocenters. The number of nitrogens with zero attached hydrogens (tertiary/aromatic N) is 2. The number of aliphatic imine (C=N–C) groups is 1. The van der Waals surface area contributed by atoms with Gasteiger partial charge in [0.1, 0.15) is 0 Å². The van der Waals surface area contributed by atoms with Gasteiger partial charge < -0.3 is 4.48 Å². The average Bonchev–Trinajstić information content (AvgIpc) is 3.37. The van der Waals surface area contributed by atoms with Crippen LogP contribution < -0.4 is 0 Å². The monoisotopic (exact) mass is 464 g/mol. The van der Waals surface area contributed by atoms with Crippen molar-refractivity contribution in [3.05, 3.63) is 75.3 Å². The average molecular weight is 464 g/mol. The molecule has 1 aliphatic heterocycles.